The van der Waals surface area contributed by atoms with Gasteiger partial charge in [0.1, 0.15) is 0 Å². The molecule has 0 spiro atoms. The molecule has 0 atom stereocenters. The summed E-state index contributed by atoms with van der Waals surface area (Å²) in [6, 6.07) is 2.12. The van der Waals surface area contributed by atoms with Gasteiger partial charge in [-0.3, -0.25) is 9.69 Å². The number of amides is 1. The van der Waals surface area contributed by atoms with Crippen LogP contribution in [0.15, 0.2) is 0 Å². The van der Waals surface area contributed by atoms with E-state index in [1.54, 1.807) is 4.90 Å². The van der Waals surface area contributed by atoms with Crippen molar-refractivity contribution in [2.45, 2.75) is 6.42 Å². The number of nitrogens with zero attached hydrogens (tertiary/aromatic N) is 3. The van der Waals surface area contributed by atoms with Gasteiger partial charge in [-0.2, -0.15) is 5.26 Å². The lowest BCUT2D eigenvalue weighted by atomic mass is 10.3. The third kappa shape index (κ3) is 2.51. The van der Waals surface area contributed by atoms with Crippen molar-refractivity contribution >= 4 is 6.41 Å². The minimum atomic E-state index is 0.584. The molecule has 66 valence electrons. The summed E-state index contributed by atoms with van der Waals surface area (Å²) < 4.78 is 0. The first-order valence-corrected chi connectivity index (χ1v) is 4.15. The van der Waals surface area contributed by atoms with Crippen LogP contribution in [0.3, 0.4) is 0 Å². The molecule has 1 aliphatic heterocycles. The van der Waals surface area contributed by atoms with Crippen molar-refractivity contribution in [3.63, 3.8) is 0 Å². The minimum Gasteiger partial charge on any atom is -0.343 e. The van der Waals surface area contributed by atoms with E-state index in [9.17, 15) is 4.79 Å². The standard InChI is InChI=1S/C8H13N3O/c9-2-1-3-10-4-6-11(8-12)7-5-10/h8H,1,3-7H2. The zero-order valence-electron chi connectivity index (χ0n) is 7.07. The van der Waals surface area contributed by atoms with Gasteiger partial charge in [0.2, 0.25) is 6.41 Å². The molecule has 12 heavy (non-hydrogen) atoms. The Kier molecular flexibility index (Phi) is 3.55. The molecule has 0 aromatic rings. The van der Waals surface area contributed by atoms with E-state index in [0.717, 1.165) is 39.1 Å². The summed E-state index contributed by atoms with van der Waals surface area (Å²) in [5, 5.41) is 8.35. The number of hydrogen-bond donors (Lipinski definition) is 0. The first-order valence-electron chi connectivity index (χ1n) is 4.15. The van der Waals surface area contributed by atoms with Crippen molar-refractivity contribution < 1.29 is 4.79 Å². The monoisotopic (exact) mass is 167 g/mol. The summed E-state index contributed by atoms with van der Waals surface area (Å²) in [5.74, 6) is 0. The van der Waals surface area contributed by atoms with Crippen molar-refractivity contribution in [2.24, 2.45) is 0 Å². The lowest BCUT2D eigenvalue weighted by molar-refractivity contribution is -0.119. The predicted molar refractivity (Wildman–Crippen MR) is 44.3 cm³/mol. The van der Waals surface area contributed by atoms with E-state index in [1.807, 2.05) is 0 Å². The highest BCUT2D eigenvalue weighted by molar-refractivity contribution is 5.47. The normalized spacial score (nSPS) is 18.8. The Bertz CT molecular complexity index is 179. The van der Waals surface area contributed by atoms with E-state index < -0.39 is 0 Å². The van der Waals surface area contributed by atoms with Crippen LogP contribution in [0.2, 0.25) is 0 Å². The second-order valence-electron chi connectivity index (χ2n) is 2.89. The number of nitriles is 1. The van der Waals surface area contributed by atoms with E-state index in [0.29, 0.717) is 6.42 Å². The molecule has 0 aliphatic carbocycles. The van der Waals surface area contributed by atoms with Gasteiger partial charge in [0.05, 0.1) is 6.07 Å². The Morgan fingerprint density at radius 2 is 2.00 bits per heavy atom. The Morgan fingerprint density at radius 1 is 1.33 bits per heavy atom. The summed E-state index contributed by atoms with van der Waals surface area (Å²) in [5.41, 5.74) is 0. The Morgan fingerprint density at radius 3 is 2.50 bits per heavy atom. The van der Waals surface area contributed by atoms with E-state index >= 15 is 0 Å². The Labute approximate surface area is 72.4 Å². The topological polar surface area (TPSA) is 47.3 Å². The molecule has 1 rings (SSSR count). The van der Waals surface area contributed by atoms with E-state index in [4.69, 9.17) is 5.26 Å². The quantitative estimate of drug-likeness (QED) is 0.541. The summed E-state index contributed by atoms with van der Waals surface area (Å²) in [6.45, 7) is 4.24. The lowest BCUT2D eigenvalue weighted by Gasteiger charge is -2.31. The van der Waals surface area contributed by atoms with Gasteiger partial charge in [-0.25, -0.2) is 0 Å². The minimum absolute atomic E-state index is 0.584. The SMILES string of the molecule is N#CCCN1CCN(C=O)CC1. The fourth-order valence-electron chi connectivity index (χ4n) is 1.30. The molecule has 0 N–H and O–H groups in total. The molecule has 0 aromatic carbocycles. The second kappa shape index (κ2) is 4.73. The largest absolute Gasteiger partial charge is 0.343 e. The summed E-state index contributed by atoms with van der Waals surface area (Å²) in [7, 11) is 0. The Hall–Kier alpha value is -1.08. The van der Waals surface area contributed by atoms with Crippen molar-refractivity contribution in [2.75, 3.05) is 32.7 Å². The maximum Gasteiger partial charge on any atom is 0.209 e. The summed E-state index contributed by atoms with van der Waals surface area (Å²) in [6.07, 6.45) is 1.47. The molecule has 4 nitrogen and oxygen atoms in total. The number of hydrogen-bond acceptors (Lipinski definition) is 3. The van der Waals surface area contributed by atoms with Crippen LogP contribution in [0.5, 0.6) is 0 Å². The fourth-order valence-corrected chi connectivity index (χ4v) is 1.30. The van der Waals surface area contributed by atoms with Crippen LogP contribution in [0, 0.1) is 11.3 Å². The first kappa shape index (κ1) is 9.01. The maximum atomic E-state index is 10.3. The first-order chi connectivity index (χ1) is 5.86. The van der Waals surface area contributed by atoms with Gasteiger partial charge in [-0.15, -0.1) is 0 Å². The molecule has 1 fully saturated rings. The average Bonchev–Trinajstić information content (AvgIpc) is 2.15. The third-order valence-corrected chi connectivity index (χ3v) is 2.10. The van der Waals surface area contributed by atoms with Crippen LogP contribution in [0.4, 0.5) is 0 Å². The van der Waals surface area contributed by atoms with Crippen molar-refractivity contribution in [1.82, 2.24) is 9.80 Å². The molecular formula is C8H13N3O. The van der Waals surface area contributed by atoms with Crippen LogP contribution in [-0.4, -0.2) is 48.9 Å². The van der Waals surface area contributed by atoms with Gasteiger partial charge in [0, 0.05) is 39.1 Å². The molecule has 1 aliphatic rings. The molecule has 0 saturated carbocycles. The number of carbonyl (C=O) groups excluding carboxylic acids is 1. The van der Waals surface area contributed by atoms with E-state index in [2.05, 4.69) is 11.0 Å². The zero-order chi connectivity index (χ0) is 8.81. The maximum absolute atomic E-state index is 10.3. The fraction of sp³-hybridized carbons (Fsp3) is 0.750. The zero-order valence-corrected chi connectivity index (χ0v) is 7.07. The smallest absolute Gasteiger partial charge is 0.209 e. The number of carbonyl (C=O) groups is 1. The average molecular weight is 167 g/mol. The van der Waals surface area contributed by atoms with Crippen molar-refractivity contribution in [1.29, 1.82) is 5.26 Å². The van der Waals surface area contributed by atoms with Gasteiger partial charge in [-0.1, -0.05) is 0 Å². The molecule has 0 radical (unpaired) electrons. The molecular weight excluding hydrogens is 154 g/mol. The van der Waals surface area contributed by atoms with E-state index in [-0.39, 0.29) is 0 Å². The second-order valence-corrected chi connectivity index (χ2v) is 2.89. The highest BCUT2D eigenvalue weighted by Crippen LogP contribution is 1.99. The van der Waals surface area contributed by atoms with Crippen molar-refractivity contribution in [3.8, 4) is 6.07 Å². The Balaban J connectivity index is 2.18. The lowest BCUT2D eigenvalue weighted by Crippen LogP contribution is -2.45. The van der Waals surface area contributed by atoms with Gasteiger partial charge < -0.3 is 4.90 Å². The predicted octanol–water partition coefficient (Wildman–Crippen LogP) is -0.326. The van der Waals surface area contributed by atoms with Crippen LogP contribution in [0.1, 0.15) is 6.42 Å². The molecule has 1 saturated heterocycles. The molecule has 0 aromatic heterocycles. The van der Waals surface area contributed by atoms with Gasteiger partial charge in [-0.05, 0) is 0 Å². The summed E-state index contributed by atoms with van der Waals surface area (Å²) in [4.78, 5) is 14.3. The molecule has 1 amide bonds. The van der Waals surface area contributed by atoms with E-state index in [1.165, 1.54) is 0 Å². The summed E-state index contributed by atoms with van der Waals surface area (Å²) >= 11 is 0. The molecule has 4 heteroatoms. The van der Waals surface area contributed by atoms with Crippen LogP contribution < -0.4 is 0 Å². The van der Waals surface area contributed by atoms with Crippen LogP contribution in [-0.2, 0) is 4.79 Å². The molecule has 1 heterocycles. The highest BCUT2D eigenvalue weighted by atomic mass is 16.1. The molecule has 0 unspecified atom stereocenters. The van der Waals surface area contributed by atoms with Gasteiger partial charge in [0.15, 0.2) is 0 Å². The van der Waals surface area contributed by atoms with Gasteiger partial charge in [0.25, 0.3) is 0 Å². The molecule has 0 bridgehead atoms. The third-order valence-electron chi connectivity index (χ3n) is 2.10. The van der Waals surface area contributed by atoms with Gasteiger partial charge >= 0.3 is 0 Å². The number of piperazine rings is 1. The van der Waals surface area contributed by atoms with Crippen LogP contribution >= 0.6 is 0 Å². The highest BCUT2D eigenvalue weighted by Gasteiger charge is 2.13. The number of rotatable bonds is 3. The van der Waals surface area contributed by atoms with Crippen LogP contribution in [0.25, 0.3) is 0 Å². The van der Waals surface area contributed by atoms with Crippen molar-refractivity contribution in [3.05, 3.63) is 0 Å².